The number of hydrogen-bond acceptors (Lipinski definition) is 6. The van der Waals surface area contributed by atoms with E-state index in [1.54, 1.807) is 30.3 Å². The first-order valence-electron chi connectivity index (χ1n) is 14.1. The average Bonchev–Trinajstić information content (AvgIpc) is 3.31. The molecule has 2 aromatic rings. The average molecular weight is 554 g/mol. The number of aromatic nitrogens is 1. The van der Waals surface area contributed by atoms with Crippen LogP contribution in [-0.2, 0) is 16.4 Å². The Labute approximate surface area is 231 Å². The van der Waals surface area contributed by atoms with E-state index >= 15 is 0 Å². The van der Waals surface area contributed by atoms with Crippen LogP contribution in [0.1, 0.15) is 61.9 Å². The van der Waals surface area contributed by atoms with Crippen molar-refractivity contribution in [2.24, 2.45) is 4.99 Å². The third-order valence-corrected chi connectivity index (χ3v) is 10.2. The molecule has 0 radical (unpaired) electrons. The van der Waals surface area contributed by atoms with Gasteiger partial charge in [0.25, 0.3) is 5.91 Å². The van der Waals surface area contributed by atoms with Crippen LogP contribution in [0.25, 0.3) is 0 Å². The fourth-order valence-electron chi connectivity index (χ4n) is 5.67. The Balaban J connectivity index is 1.36. The highest BCUT2D eigenvalue weighted by Crippen LogP contribution is 2.36. The number of hydrogen-bond donors (Lipinski definition) is 0. The summed E-state index contributed by atoms with van der Waals surface area (Å²) in [5.74, 6) is 0.955. The van der Waals surface area contributed by atoms with E-state index in [0.717, 1.165) is 30.9 Å². The van der Waals surface area contributed by atoms with Crippen LogP contribution in [0.5, 0.6) is 5.88 Å². The van der Waals surface area contributed by atoms with Gasteiger partial charge in [-0.15, -0.1) is 0 Å². The molecule has 2 saturated heterocycles. The lowest BCUT2D eigenvalue weighted by atomic mass is 10.0. The maximum atomic E-state index is 13.1. The zero-order valence-corrected chi connectivity index (χ0v) is 23.8. The largest absolute Gasteiger partial charge is 0.476 e. The van der Waals surface area contributed by atoms with Gasteiger partial charge < -0.3 is 9.64 Å². The van der Waals surface area contributed by atoms with Crippen molar-refractivity contribution in [3.05, 3.63) is 53.7 Å². The number of pyridine rings is 1. The van der Waals surface area contributed by atoms with Gasteiger partial charge >= 0.3 is 0 Å². The van der Waals surface area contributed by atoms with Crippen molar-refractivity contribution < 1.29 is 17.9 Å². The third kappa shape index (κ3) is 6.34. The Kier molecular flexibility index (Phi) is 8.64. The zero-order chi connectivity index (χ0) is 27.4. The van der Waals surface area contributed by atoms with Crippen LogP contribution < -0.4 is 9.64 Å². The molecule has 0 spiro atoms. The third-order valence-electron chi connectivity index (χ3n) is 7.92. The molecule has 2 fully saturated rings. The van der Waals surface area contributed by atoms with Crippen molar-refractivity contribution in [3.8, 4) is 5.88 Å². The Hall–Kier alpha value is -2.82. The van der Waals surface area contributed by atoms with Crippen molar-refractivity contribution in [1.82, 2.24) is 14.2 Å². The quantitative estimate of drug-likeness (QED) is 0.491. The van der Waals surface area contributed by atoms with E-state index in [0.29, 0.717) is 56.2 Å². The molecule has 39 heavy (non-hydrogen) atoms. The summed E-state index contributed by atoms with van der Waals surface area (Å²) in [6, 6.07) is 11.1. The van der Waals surface area contributed by atoms with Crippen molar-refractivity contribution in [2.75, 3.05) is 44.2 Å². The summed E-state index contributed by atoms with van der Waals surface area (Å²) >= 11 is 0. The smallest absolute Gasteiger partial charge is 0.278 e. The summed E-state index contributed by atoms with van der Waals surface area (Å²) in [5.41, 5.74) is 2.48. The molecule has 1 aromatic carbocycles. The summed E-state index contributed by atoms with van der Waals surface area (Å²) in [5, 5.41) is -0.446. The number of carbonyl (C=O) groups excluding carboxylic acids is 1. The maximum absolute atomic E-state index is 13.1. The second-order valence-corrected chi connectivity index (χ2v) is 13.4. The van der Waals surface area contributed by atoms with E-state index in [1.807, 2.05) is 30.5 Å². The number of benzene rings is 1. The Morgan fingerprint density at radius 3 is 2.49 bits per heavy atom. The van der Waals surface area contributed by atoms with Gasteiger partial charge in [-0.05, 0) is 64.8 Å². The molecule has 1 amide bonds. The SMILES string of the molecule is CC(C)S(=O)(=O)N1CCC(N2C(=NC(=O)c3ccccc3)Cc3cnc(OCCN4CCCCC4)cc32)CC1. The summed E-state index contributed by atoms with van der Waals surface area (Å²) < 4.78 is 33.2. The van der Waals surface area contributed by atoms with Crippen molar-refractivity contribution >= 4 is 27.5 Å². The van der Waals surface area contributed by atoms with Crippen LogP contribution in [0.2, 0.25) is 0 Å². The number of piperidine rings is 2. The van der Waals surface area contributed by atoms with Gasteiger partial charge in [-0.3, -0.25) is 9.69 Å². The molecule has 9 nitrogen and oxygen atoms in total. The van der Waals surface area contributed by atoms with E-state index < -0.39 is 15.3 Å². The van der Waals surface area contributed by atoms with E-state index in [1.165, 1.54) is 19.3 Å². The molecular weight excluding hydrogens is 514 g/mol. The van der Waals surface area contributed by atoms with Gasteiger partial charge in [-0.1, -0.05) is 24.6 Å². The summed E-state index contributed by atoms with van der Waals surface area (Å²) in [6.45, 7) is 8.02. The number of sulfonamides is 1. The van der Waals surface area contributed by atoms with Gasteiger partial charge in [-0.25, -0.2) is 17.7 Å². The standard InChI is InChI=1S/C29H39N5O4S/c1-22(2)39(36,37)33-15-11-25(12-16-33)34-26-20-28(38-18-17-32-13-7-4-8-14-32)30-21-24(26)19-27(34)31-29(35)23-9-5-3-6-10-23/h3,5-6,9-10,20-22,25H,4,7-8,11-19H2,1-2H3. The minimum Gasteiger partial charge on any atom is -0.476 e. The monoisotopic (exact) mass is 553 g/mol. The number of carbonyl (C=O) groups is 1. The fraction of sp³-hybridized carbons (Fsp3) is 0.552. The van der Waals surface area contributed by atoms with Crippen LogP contribution in [0.15, 0.2) is 47.6 Å². The molecule has 4 heterocycles. The number of fused-ring (bicyclic) bond motifs is 1. The number of nitrogens with zero attached hydrogens (tertiary/aromatic N) is 5. The molecule has 0 saturated carbocycles. The molecule has 3 aliphatic rings. The van der Waals surface area contributed by atoms with Crippen LogP contribution in [0.4, 0.5) is 5.69 Å². The zero-order valence-electron chi connectivity index (χ0n) is 23.0. The fourth-order valence-corrected chi connectivity index (χ4v) is 6.98. The first kappa shape index (κ1) is 27.7. The van der Waals surface area contributed by atoms with E-state index in [4.69, 9.17) is 4.74 Å². The predicted octanol–water partition coefficient (Wildman–Crippen LogP) is 3.75. The first-order chi connectivity index (χ1) is 18.8. The molecule has 0 unspecified atom stereocenters. The first-order valence-corrected chi connectivity index (χ1v) is 15.6. The summed E-state index contributed by atoms with van der Waals surface area (Å²) in [4.78, 5) is 26.7. The topological polar surface area (TPSA) is 95.4 Å². The van der Waals surface area contributed by atoms with Gasteiger partial charge in [0, 0.05) is 55.5 Å². The number of anilines is 1. The molecule has 0 bridgehead atoms. The highest BCUT2D eigenvalue weighted by Gasteiger charge is 2.37. The van der Waals surface area contributed by atoms with Gasteiger partial charge in [0.2, 0.25) is 15.9 Å². The maximum Gasteiger partial charge on any atom is 0.278 e. The molecule has 0 atom stereocenters. The molecule has 210 valence electrons. The van der Waals surface area contributed by atoms with E-state index in [9.17, 15) is 13.2 Å². The number of ether oxygens (including phenoxy) is 1. The number of amides is 1. The van der Waals surface area contributed by atoms with Crippen molar-refractivity contribution in [3.63, 3.8) is 0 Å². The molecule has 5 rings (SSSR count). The number of amidine groups is 1. The van der Waals surface area contributed by atoms with E-state index in [-0.39, 0.29) is 11.9 Å². The minimum atomic E-state index is -3.31. The van der Waals surface area contributed by atoms with Gasteiger partial charge in [0.1, 0.15) is 12.4 Å². The second kappa shape index (κ2) is 12.1. The Morgan fingerprint density at radius 1 is 1.08 bits per heavy atom. The van der Waals surface area contributed by atoms with Crippen LogP contribution in [0, 0.1) is 0 Å². The van der Waals surface area contributed by atoms with Gasteiger partial charge in [-0.2, -0.15) is 4.99 Å². The summed E-state index contributed by atoms with van der Waals surface area (Å²) in [6.07, 6.45) is 7.42. The predicted molar refractivity (Wildman–Crippen MR) is 153 cm³/mol. The van der Waals surface area contributed by atoms with Gasteiger partial charge in [0.05, 0.1) is 10.9 Å². The molecule has 10 heteroatoms. The lowest BCUT2D eigenvalue weighted by Crippen LogP contribution is -2.49. The van der Waals surface area contributed by atoms with Gasteiger partial charge in [0.15, 0.2) is 0 Å². The number of aliphatic imine (C=N–C) groups is 1. The lowest BCUT2D eigenvalue weighted by Gasteiger charge is -2.38. The lowest BCUT2D eigenvalue weighted by molar-refractivity contribution is 0.100. The van der Waals surface area contributed by atoms with Crippen molar-refractivity contribution in [1.29, 1.82) is 0 Å². The summed E-state index contributed by atoms with van der Waals surface area (Å²) in [7, 11) is -3.31. The molecule has 0 N–H and O–H groups in total. The Bertz CT molecular complexity index is 1280. The van der Waals surface area contributed by atoms with Crippen LogP contribution in [0.3, 0.4) is 0 Å². The molecule has 1 aromatic heterocycles. The normalized spacial score (nSPS) is 20.5. The van der Waals surface area contributed by atoms with Crippen molar-refractivity contribution in [2.45, 2.75) is 63.7 Å². The molecule has 0 aliphatic carbocycles. The Morgan fingerprint density at radius 2 is 1.79 bits per heavy atom. The highest BCUT2D eigenvalue weighted by molar-refractivity contribution is 7.89. The van der Waals surface area contributed by atoms with Crippen LogP contribution >= 0.6 is 0 Å². The molecule has 3 aliphatic heterocycles. The number of rotatable bonds is 8. The van der Waals surface area contributed by atoms with Crippen LogP contribution in [-0.4, -0.2) is 85.0 Å². The second-order valence-electron chi connectivity index (χ2n) is 10.9. The minimum absolute atomic E-state index is 0.0239. The number of likely N-dealkylation sites (tertiary alicyclic amines) is 1. The molecular formula is C29H39N5O4S. The van der Waals surface area contributed by atoms with E-state index in [2.05, 4.69) is 19.8 Å². The highest BCUT2D eigenvalue weighted by atomic mass is 32.2.